The van der Waals surface area contributed by atoms with E-state index in [0.717, 1.165) is 66.1 Å². The second-order valence-corrected chi connectivity index (χ2v) is 9.44. The van der Waals surface area contributed by atoms with E-state index < -0.39 is 0 Å². The van der Waals surface area contributed by atoms with Gasteiger partial charge in [0.2, 0.25) is 0 Å². The van der Waals surface area contributed by atoms with E-state index >= 15 is 0 Å². The first kappa shape index (κ1) is 24.1. The molecule has 9 heteroatoms. The molecule has 1 saturated heterocycles. The van der Waals surface area contributed by atoms with Crippen LogP contribution in [0.25, 0.3) is 10.9 Å². The summed E-state index contributed by atoms with van der Waals surface area (Å²) in [7, 11) is 1.65. The number of aryl methyl sites for hydroxylation is 2. The monoisotopic (exact) mass is 487 g/mol. The highest BCUT2D eigenvalue weighted by molar-refractivity contribution is 5.83. The van der Waals surface area contributed by atoms with Gasteiger partial charge in [-0.2, -0.15) is 0 Å². The zero-order chi connectivity index (χ0) is 25.2. The Morgan fingerprint density at radius 2 is 1.81 bits per heavy atom. The summed E-state index contributed by atoms with van der Waals surface area (Å²) >= 11 is 0. The van der Waals surface area contributed by atoms with Crippen molar-refractivity contribution in [2.75, 3.05) is 39.8 Å². The van der Waals surface area contributed by atoms with Crippen molar-refractivity contribution in [1.29, 1.82) is 0 Å². The number of aromatic nitrogens is 5. The summed E-state index contributed by atoms with van der Waals surface area (Å²) in [5.41, 5.74) is 4.75. The van der Waals surface area contributed by atoms with Crippen molar-refractivity contribution in [3.63, 3.8) is 0 Å². The number of piperazine rings is 1. The Labute approximate surface area is 210 Å². The molecule has 4 aromatic rings. The van der Waals surface area contributed by atoms with Crippen LogP contribution in [0.15, 0.2) is 47.3 Å². The van der Waals surface area contributed by atoms with E-state index in [1.165, 1.54) is 0 Å². The third-order valence-corrected chi connectivity index (χ3v) is 7.39. The molecular formula is C27H33N7O2. The van der Waals surface area contributed by atoms with Gasteiger partial charge in [-0.05, 0) is 71.1 Å². The lowest BCUT2D eigenvalue weighted by Crippen LogP contribution is -2.49. The van der Waals surface area contributed by atoms with Crippen molar-refractivity contribution >= 4 is 10.9 Å². The highest BCUT2D eigenvalue weighted by Gasteiger charge is 2.32. The van der Waals surface area contributed by atoms with Crippen LogP contribution in [-0.4, -0.2) is 74.8 Å². The van der Waals surface area contributed by atoms with E-state index in [-0.39, 0.29) is 11.6 Å². The molecule has 36 heavy (non-hydrogen) atoms. The van der Waals surface area contributed by atoms with Gasteiger partial charge >= 0.3 is 0 Å². The summed E-state index contributed by atoms with van der Waals surface area (Å²) in [5, 5.41) is 13.8. The first-order valence-electron chi connectivity index (χ1n) is 12.5. The number of H-pyrrole nitrogens is 1. The van der Waals surface area contributed by atoms with Gasteiger partial charge in [0.1, 0.15) is 11.8 Å². The summed E-state index contributed by atoms with van der Waals surface area (Å²) in [6, 6.07) is 13.7. The standard InChI is InChI=1S/C27H33N7O2/c1-5-32-12-14-33(15-13-32)25(23-16-21-9-6-18(2)19(3)24(21)28-27(23)35)26-29-30-31-34(26)17-20-7-10-22(36-4)11-8-20/h6-11,16,25H,5,12-15,17H2,1-4H3,(H,28,35)/t25-/m0/s1. The molecule has 1 fully saturated rings. The van der Waals surface area contributed by atoms with Crippen molar-refractivity contribution in [2.45, 2.75) is 33.4 Å². The van der Waals surface area contributed by atoms with Gasteiger partial charge in [0.25, 0.3) is 5.56 Å². The number of nitrogens with zero attached hydrogens (tertiary/aromatic N) is 6. The van der Waals surface area contributed by atoms with Crippen molar-refractivity contribution in [3.8, 4) is 5.75 Å². The number of benzene rings is 2. The van der Waals surface area contributed by atoms with E-state index in [9.17, 15) is 4.79 Å². The zero-order valence-electron chi connectivity index (χ0n) is 21.4. The molecule has 0 spiro atoms. The molecule has 2 aromatic carbocycles. The van der Waals surface area contributed by atoms with Gasteiger partial charge in [-0.25, -0.2) is 4.68 Å². The van der Waals surface area contributed by atoms with E-state index in [1.54, 1.807) is 7.11 Å². The summed E-state index contributed by atoms with van der Waals surface area (Å²) in [6.45, 7) is 11.4. The van der Waals surface area contributed by atoms with E-state index in [0.29, 0.717) is 17.9 Å². The second-order valence-electron chi connectivity index (χ2n) is 9.44. The summed E-state index contributed by atoms with van der Waals surface area (Å²) in [4.78, 5) is 21.5. The van der Waals surface area contributed by atoms with Crippen LogP contribution in [0.1, 0.15) is 41.0 Å². The SMILES string of the molecule is CCN1CCN([C@@H](c2cc3ccc(C)c(C)c3[nH]c2=O)c2nnnn2Cc2ccc(OC)cc2)CC1. The summed E-state index contributed by atoms with van der Waals surface area (Å²) in [5.74, 6) is 1.47. The molecule has 5 rings (SSSR count). The average molecular weight is 488 g/mol. The highest BCUT2D eigenvalue weighted by atomic mass is 16.5. The number of tetrazole rings is 1. The van der Waals surface area contributed by atoms with Crippen LogP contribution >= 0.6 is 0 Å². The molecule has 0 bridgehead atoms. The van der Waals surface area contributed by atoms with E-state index in [1.807, 2.05) is 41.9 Å². The van der Waals surface area contributed by atoms with Crippen molar-refractivity contribution < 1.29 is 4.74 Å². The number of pyridine rings is 1. The van der Waals surface area contributed by atoms with Gasteiger partial charge in [0.05, 0.1) is 19.2 Å². The molecule has 1 aliphatic rings. The third kappa shape index (κ3) is 4.64. The van der Waals surface area contributed by atoms with Crippen molar-refractivity contribution in [1.82, 2.24) is 35.0 Å². The predicted molar refractivity (Wildman–Crippen MR) is 139 cm³/mol. The number of methoxy groups -OCH3 is 1. The number of aromatic amines is 1. The second kappa shape index (κ2) is 10.2. The van der Waals surface area contributed by atoms with Gasteiger partial charge in [-0.3, -0.25) is 9.69 Å². The normalized spacial score (nSPS) is 15.9. The van der Waals surface area contributed by atoms with Crippen LogP contribution < -0.4 is 10.3 Å². The molecule has 0 unspecified atom stereocenters. The van der Waals surface area contributed by atoms with E-state index in [2.05, 4.69) is 56.3 Å². The predicted octanol–water partition coefficient (Wildman–Crippen LogP) is 2.92. The summed E-state index contributed by atoms with van der Waals surface area (Å²) < 4.78 is 7.10. The maximum atomic E-state index is 13.6. The number of rotatable bonds is 7. The molecule has 2 aromatic heterocycles. The minimum absolute atomic E-state index is 0.0990. The fourth-order valence-corrected chi connectivity index (χ4v) is 5.01. The lowest BCUT2D eigenvalue weighted by Gasteiger charge is -2.38. The van der Waals surface area contributed by atoms with Crippen LogP contribution in [0.2, 0.25) is 0 Å². The maximum Gasteiger partial charge on any atom is 0.253 e. The van der Waals surface area contributed by atoms with Crippen molar-refractivity contribution in [2.24, 2.45) is 0 Å². The fourth-order valence-electron chi connectivity index (χ4n) is 5.01. The lowest BCUT2D eigenvalue weighted by molar-refractivity contribution is 0.108. The van der Waals surface area contributed by atoms with Crippen LogP contribution in [0.3, 0.4) is 0 Å². The third-order valence-electron chi connectivity index (χ3n) is 7.39. The molecule has 1 N–H and O–H groups in total. The minimum atomic E-state index is -0.355. The molecule has 0 aliphatic carbocycles. The van der Waals surface area contributed by atoms with Crippen LogP contribution in [0.4, 0.5) is 0 Å². The number of hydrogen-bond acceptors (Lipinski definition) is 7. The quantitative estimate of drug-likeness (QED) is 0.429. The van der Waals surface area contributed by atoms with Crippen LogP contribution in [0.5, 0.6) is 5.75 Å². The molecule has 3 heterocycles. The average Bonchev–Trinajstić information content (AvgIpc) is 3.35. The highest BCUT2D eigenvalue weighted by Crippen LogP contribution is 2.29. The molecule has 0 radical (unpaired) electrons. The Hall–Kier alpha value is -3.56. The van der Waals surface area contributed by atoms with E-state index in [4.69, 9.17) is 4.74 Å². The van der Waals surface area contributed by atoms with Gasteiger partial charge < -0.3 is 14.6 Å². The molecule has 0 saturated carbocycles. The van der Waals surface area contributed by atoms with Crippen molar-refractivity contribution in [3.05, 3.63) is 80.9 Å². The Morgan fingerprint density at radius 3 is 2.50 bits per heavy atom. The summed E-state index contributed by atoms with van der Waals surface area (Å²) in [6.07, 6.45) is 0. The van der Waals surface area contributed by atoms with Gasteiger partial charge in [0.15, 0.2) is 5.82 Å². The lowest BCUT2D eigenvalue weighted by atomic mass is 9.99. The number of nitrogens with one attached hydrogen (secondary N) is 1. The zero-order valence-corrected chi connectivity index (χ0v) is 21.4. The first-order valence-corrected chi connectivity index (χ1v) is 12.5. The molecule has 9 nitrogen and oxygen atoms in total. The first-order chi connectivity index (χ1) is 17.5. The molecule has 1 aliphatic heterocycles. The van der Waals surface area contributed by atoms with Crippen LogP contribution in [-0.2, 0) is 6.54 Å². The molecule has 188 valence electrons. The topological polar surface area (TPSA) is 92.2 Å². The Bertz CT molecular complexity index is 1400. The molecular weight excluding hydrogens is 454 g/mol. The van der Waals surface area contributed by atoms with Crippen LogP contribution in [0, 0.1) is 13.8 Å². The van der Waals surface area contributed by atoms with Gasteiger partial charge in [-0.1, -0.05) is 31.2 Å². The number of ether oxygens (including phenoxy) is 1. The Balaban J connectivity index is 1.58. The number of fused-ring (bicyclic) bond motifs is 1. The largest absolute Gasteiger partial charge is 0.497 e. The van der Waals surface area contributed by atoms with Gasteiger partial charge in [-0.15, -0.1) is 5.10 Å². The molecule has 0 amide bonds. The van der Waals surface area contributed by atoms with Gasteiger partial charge in [0, 0.05) is 31.7 Å². The maximum absolute atomic E-state index is 13.6. The number of hydrogen-bond donors (Lipinski definition) is 1. The Morgan fingerprint density at radius 1 is 1.06 bits per heavy atom. The number of likely N-dealkylation sites (N-methyl/N-ethyl adjacent to an activating group) is 1. The minimum Gasteiger partial charge on any atom is -0.497 e. The smallest absolute Gasteiger partial charge is 0.253 e. The molecule has 1 atom stereocenters. The Kier molecular flexibility index (Phi) is 6.84. The fraction of sp³-hybridized carbons (Fsp3) is 0.407.